The van der Waals surface area contributed by atoms with Crippen LogP contribution in [0.2, 0.25) is 0 Å². The van der Waals surface area contributed by atoms with Crippen molar-refractivity contribution in [2.45, 2.75) is 4.90 Å². The van der Waals surface area contributed by atoms with Crippen LogP contribution in [0.4, 0.5) is 5.13 Å². The summed E-state index contributed by atoms with van der Waals surface area (Å²) in [4.78, 5) is 23.1. The first-order chi connectivity index (χ1) is 12.5. The summed E-state index contributed by atoms with van der Waals surface area (Å²) >= 11 is 5.50. The van der Waals surface area contributed by atoms with Gasteiger partial charge in [0.2, 0.25) is 0 Å². The molecule has 0 aliphatic carbocycles. The number of thioether (sulfide) groups is 1. The molecule has 3 aromatic rings. The Morgan fingerprint density at radius 1 is 1.19 bits per heavy atom. The van der Waals surface area contributed by atoms with Gasteiger partial charge < -0.3 is 4.90 Å². The lowest BCUT2D eigenvalue weighted by Crippen LogP contribution is -2.37. The van der Waals surface area contributed by atoms with E-state index in [0.717, 1.165) is 31.0 Å². The molecule has 1 heterocycles. The number of amides is 1. The van der Waals surface area contributed by atoms with Crippen LogP contribution in [0, 0.1) is 3.57 Å². The molecule has 0 N–H and O–H groups in total. The number of likely N-dealkylation sites (N-methyl/N-ethyl adjacent to an activating group) is 1. The van der Waals surface area contributed by atoms with Gasteiger partial charge in [-0.2, -0.15) is 0 Å². The molecule has 0 saturated carbocycles. The van der Waals surface area contributed by atoms with E-state index in [1.165, 1.54) is 4.90 Å². The molecule has 27 heavy (non-hydrogen) atoms. The first kappa shape index (κ1) is 22.4. The van der Waals surface area contributed by atoms with Crippen LogP contribution in [-0.2, 0) is 0 Å². The summed E-state index contributed by atoms with van der Waals surface area (Å²) in [6.07, 6.45) is 2.06. The molecular formula is C19H21ClIN3OS2. The molecule has 2 aromatic carbocycles. The van der Waals surface area contributed by atoms with Crippen molar-refractivity contribution in [3.63, 3.8) is 0 Å². The summed E-state index contributed by atoms with van der Waals surface area (Å²) in [5.74, 6) is 0.000922. The van der Waals surface area contributed by atoms with Crippen LogP contribution in [0.5, 0.6) is 0 Å². The average Bonchev–Trinajstić information content (AvgIpc) is 3.04. The van der Waals surface area contributed by atoms with Gasteiger partial charge in [-0.15, -0.1) is 24.2 Å². The van der Waals surface area contributed by atoms with Crippen molar-refractivity contribution in [2.24, 2.45) is 0 Å². The van der Waals surface area contributed by atoms with Crippen molar-refractivity contribution in [3.8, 4) is 0 Å². The fraction of sp³-hybridized carbons (Fsp3) is 0.263. The number of thiazole rings is 1. The molecule has 0 bridgehead atoms. The molecule has 4 nitrogen and oxygen atoms in total. The van der Waals surface area contributed by atoms with Crippen molar-refractivity contribution in [2.75, 3.05) is 38.3 Å². The molecule has 0 spiro atoms. The third kappa shape index (κ3) is 5.35. The fourth-order valence-electron chi connectivity index (χ4n) is 2.50. The van der Waals surface area contributed by atoms with E-state index in [1.807, 2.05) is 44.4 Å². The van der Waals surface area contributed by atoms with E-state index in [4.69, 9.17) is 4.98 Å². The van der Waals surface area contributed by atoms with E-state index in [0.29, 0.717) is 6.54 Å². The summed E-state index contributed by atoms with van der Waals surface area (Å²) in [7, 11) is 4.02. The third-order valence-electron chi connectivity index (χ3n) is 3.94. The zero-order valence-corrected chi connectivity index (χ0v) is 19.9. The number of hydrogen-bond acceptors (Lipinski definition) is 5. The maximum absolute atomic E-state index is 13.2. The smallest absolute Gasteiger partial charge is 0.261 e. The number of halogens is 2. The molecule has 0 aliphatic rings. The first-order valence-electron chi connectivity index (χ1n) is 8.15. The summed E-state index contributed by atoms with van der Waals surface area (Å²) in [6.45, 7) is 1.38. The highest BCUT2D eigenvalue weighted by atomic mass is 127. The number of carbonyl (C=O) groups excluding carboxylic acids is 1. The Morgan fingerprint density at radius 2 is 1.93 bits per heavy atom. The number of carbonyl (C=O) groups is 1. The second-order valence-electron chi connectivity index (χ2n) is 6.07. The number of benzene rings is 2. The van der Waals surface area contributed by atoms with E-state index < -0.39 is 0 Å². The Morgan fingerprint density at radius 3 is 2.59 bits per heavy atom. The molecule has 8 heteroatoms. The van der Waals surface area contributed by atoms with Gasteiger partial charge >= 0.3 is 0 Å². The molecule has 0 saturated heterocycles. The minimum absolute atomic E-state index is 0. The largest absolute Gasteiger partial charge is 0.308 e. The topological polar surface area (TPSA) is 36.4 Å². The monoisotopic (exact) mass is 533 g/mol. The Balaban J connectivity index is 0.00000261. The first-order valence-corrected chi connectivity index (χ1v) is 11.3. The number of aromatic nitrogens is 1. The van der Waals surface area contributed by atoms with Gasteiger partial charge in [0, 0.05) is 21.6 Å². The zero-order chi connectivity index (χ0) is 18.7. The normalized spacial score (nSPS) is 10.9. The highest BCUT2D eigenvalue weighted by Crippen LogP contribution is 2.32. The van der Waals surface area contributed by atoms with Crippen molar-refractivity contribution in [1.82, 2.24) is 9.88 Å². The summed E-state index contributed by atoms with van der Waals surface area (Å²) in [5.41, 5.74) is 1.66. The summed E-state index contributed by atoms with van der Waals surface area (Å²) in [6, 6.07) is 13.9. The SMILES string of the molecule is CSc1ccc2nc(N(CCN(C)C)C(=O)c3ccccc3I)sc2c1.Cl. The summed E-state index contributed by atoms with van der Waals surface area (Å²) < 4.78 is 2.06. The van der Waals surface area contributed by atoms with Crippen molar-refractivity contribution >= 4 is 79.4 Å². The molecule has 1 aromatic heterocycles. The van der Waals surface area contributed by atoms with Crippen LogP contribution < -0.4 is 4.90 Å². The molecule has 144 valence electrons. The Kier molecular flexibility index (Phi) is 8.36. The number of fused-ring (bicyclic) bond motifs is 1. The van der Waals surface area contributed by atoms with E-state index in [2.05, 4.69) is 45.9 Å². The van der Waals surface area contributed by atoms with Crippen LogP contribution in [0.3, 0.4) is 0 Å². The number of rotatable bonds is 6. The second-order valence-corrected chi connectivity index (χ2v) is 9.12. The van der Waals surface area contributed by atoms with Gasteiger partial charge in [0.25, 0.3) is 5.91 Å². The maximum atomic E-state index is 13.2. The van der Waals surface area contributed by atoms with E-state index in [9.17, 15) is 4.79 Å². The van der Waals surface area contributed by atoms with Crippen LogP contribution in [0.25, 0.3) is 10.2 Å². The third-order valence-corrected chi connectivity index (χ3v) is 6.64. The van der Waals surface area contributed by atoms with Crippen molar-refractivity contribution in [1.29, 1.82) is 0 Å². The standard InChI is InChI=1S/C19H20IN3OS2.ClH/c1-22(2)10-11-23(18(24)14-6-4-5-7-15(14)20)19-21-16-9-8-13(25-3)12-17(16)26-19;/h4-9,12H,10-11H2,1-3H3;1H. The maximum Gasteiger partial charge on any atom is 0.261 e. The quantitative estimate of drug-likeness (QED) is 0.320. The van der Waals surface area contributed by atoms with Gasteiger partial charge in [-0.05, 0) is 73.3 Å². The van der Waals surface area contributed by atoms with Crippen LogP contribution in [-0.4, -0.2) is 49.2 Å². The van der Waals surface area contributed by atoms with Gasteiger partial charge in [0.1, 0.15) is 0 Å². The van der Waals surface area contributed by atoms with E-state index in [-0.39, 0.29) is 18.3 Å². The van der Waals surface area contributed by atoms with Gasteiger partial charge in [-0.1, -0.05) is 23.5 Å². The van der Waals surface area contributed by atoms with Crippen LogP contribution in [0.1, 0.15) is 10.4 Å². The predicted octanol–water partition coefficient (Wildman–Crippen LogP) is 5.25. The summed E-state index contributed by atoms with van der Waals surface area (Å²) in [5, 5.41) is 0.754. The molecule has 0 radical (unpaired) electrons. The van der Waals surface area contributed by atoms with E-state index in [1.54, 1.807) is 28.0 Å². The molecule has 3 rings (SSSR count). The highest BCUT2D eigenvalue weighted by Gasteiger charge is 2.23. The minimum Gasteiger partial charge on any atom is -0.308 e. The molecule has 0 aliphatic heterocycles. The van der Waals surface area contributed by atoms with Gasteiger partial charge in [0.15, 0.2) is 5.13 Å². The Hall–Kier alpha value is -0.870. The Bertz CT molecular complexity index is 932. The zero-order valence-electron chi connectivity index (χ0n) is 15.3. The van der Waals surface area contributed by atoms with Gasteiger partial charge in [-0.25, -0.2) is 4.98 Å². The Labute approximate surface area is 187 Å². The number of anilines is 1. The molecular weight excluding hydrogens is 513 g/mol. The minimum atomic E-state index is 0. The number of nitrogens with zero attached hydrogens (tertiary/aromatic N) is 3. The predicted molar refractivity (Wildman–Crippen MR) is 128 cm³/mol. The van der Waals surface area contributed by atoms with Gasteiger partial charge in [0.05, 0.1) is 15.8 Å². The van der Waals surface area contributed by atoms with Crippen molar-refractivity contribution in [3.05, 3.63) is 51.6 Å². The highest BCUT2D eigenvalue weighted by molar-refractivity contribution is 14.1. The lowest BCUT2D eigenvalue weighted by atomic mass is 10.2. The second kappa shape index (κ2) is 10.1. The lowest BCUT2D eigenvalue weighted by molar-refractivity contribution is 0.0984. The van der Waals surface area contributed by atoms with Crippen LogP contribution >= 0.6 is 58.1 Å². The van der Waals surface area contributed by atoms with Crippen molar-refractivity contribution < 1.29 is 4.79 Å². The molecule has 0 unspecified atom stereocenters. The van der Waals surface area contributed by atoms with Gasteiger partial charge in [-0.3, -0.25) is 9.69 Å². The average molecular weight is 534 g/mol. The fourth-order valence-corrected chi connectivity index (χ4v) is 4.66. The van der Waals surface area contributed by atoms with E-state index >= 15 is 0 Å². The molecule has 1 amide bonds. The molecule has 0 fully saturated rings. The molecule has 0 atom stereocenters. The lowest BCUT2D eigenvalue weighted by Gasteiger charge is -2.22. The van der Waals surface area contributed by atoms with Crippen LogP contribution in [0.15, 0.2) is 47.4 Å². The number of hydrogen-bond donors (Lipinski definition) is 0.